The molecule has 1 rings (SSSR count). The van der Waals surface area contributed by atoms with Crippen LogP contribution in [0.25, 0.3) is 0 Å². The summed E-state index contributed by atoms with van der Waals surface area (Å²) < 4.78 is 10.3. The number of nitrogens with one attached hydrogen (secondary N) is 2. The van der Waals surface area contributed by atoms with Crippen molar-refractivity contribution in [3.8, 4) is 0 Å². The summed E-state index contributed by atoms with van der Waals surface area (Å²) in [4.78, 5) is 0. The minimum absolute atomic E-state index is 0.0473. The third kappa shape index (κ3) is 6.19. The maximum absolute atomic E-state index is 5.27. The lowest BCUT2D eigenvalue weighted by Crippen LogP contribution is -2.45. The normalized spacial score (nSPS) is 18.7. The highest BCUT2D eigenvalue weighted by Crippen LogP contribution is 2.17. The van der Waals surface area contributed by atoms with Crippen LogP contribution in [0.4, 0.5) is 0 Å². The third-order valence-corrected chi connectivity index (χ3v) is 3.38. The Labute approximate surface area is 109 Å². The zero-order valence-electron chi connectivity index (χ0n) is 10.8. The molecule has 2 N–H and O–H groups in total. The fourth-order valence-corrected chi connectivity index (χ4v) is 2.34. The first kappa shape index (κ1) is 14.7. The highest BCUT2D eigenvalue weighted by Gasteiger charge is 2.14. The lowest BCUT2D eigenvalue weighted by Gasteiger charge is -2.25. The van der Waals surface area contributed by atoms with Crippen molar-refractivity contribution in [3.05, 3.63) is 0 Å². The first-order valence-corrected chi connectivity index (χ1v) is 6.73. The van der Waals surface area contributed by atoms with E-state index >= 15 is 0 Å². The molecule has 0 amide bonds. The van der Waals surface area contributed by atoms with Crippen LogP contribution < -0.4 is 10.6 Å². The Morgan fingerprint density at radius 1 is 1.29 bits per heavy atom. The predicted molar refractivity (Wildman–Crippen MR) is 73.3 cm³/mol. The molecule has 100 valence electrons. The standard InChI is InChI=1S/C12H24N2O2S/c1-15-9-11(16-2)8-13-12(17)14-10-6-4-3-5-7-10/h10-11H,3-9H2,1-2H3,(H2,13,14,17). The molecule has 4 nitrogen and oxygen atoms in total. The quantitative estimate of drug-likeness (QED) is 0.708. The van der Waals surface area contributed by atoms with Gasteiger partial charge in [0.15, 0.2) is 5.11 Å². The number of ether oxygens (including phenoxy) is 2. The molecule has 0 aliphatic heterocycles. The molecular weight excluding hydrogens is 236 g/mol. The van der Waals surface area contributed by atoms with E-state index in [1.54, 1.807) is 14.2 Å². The average Bonchev–Trinajstić information content (AvgIpc) is 2.35. The van der Waals surface area contributed by atoms with Gasteiger partial charge >= 0.3 is 0 Å². The first-order chi connectivity index (χ1) is 8.26. The van der Waals surface area contributed by atoms with Crippen LogP contribution in [0.15, 0.2) is 0 Å². The fraction of sp³-hybridized carbons (Fsp3) is 0.917. The van der Waals surface area contributed by atoms with Crippen molar-refractivity contribution >= 4 is 17.3 Å². The largest absolute Gasteiger partial charge is 0.382 e. The smallest absolute Gasteiger partial charge is 0.166 e. The Balaban J connectivity index is 2.14. The molecule has 0 spiro atoms. The molecule has 0 heterocycles. The summed E-state index contributed by atoms with van der Waals surface area (Å²) in [5, 5.41) is 7.28. The van der Waals surface area contributed by atoms with Gasteiger partial charge in [0.2, 0.25) is 0 Å². The molecule has 0 radical (unpaired) electrons. The van der Waals surface area contributed by atoms with Crippen molar-refractivity contribution in [3.63, 3.8) is 0 Å². The molecule has 17 heavy (non-hydrogen) atoms. The van der Waals surface area contributed by atoms with Crippen LogP contribution in [0.5, 0.6) is 0 Å². The minimum atomic E-state index is 0.0473. The topological polar surface area (TPSA) is 42.5 Å². The molecule has 1 aliphatic carbocycles. The van der Waals surface area contributed by atoms with Gasteiger partial charge in [0.1, 0.15) is 0 Å². The van der Waals surface area contributed by atoms with Crippen molar-refractivity contribution in [1.82, 2.24) is 10.6 Å². The predicted octanol–water partition coefficient (Wildman–Crippen LogP) is 1.44. The molecule has 1 unspecified atom stereocenters. The Hall–Kier alpha value is -0.390. The molecule has 0 aromatic carbocycles. The lowest BCUT2D eigenvalue weighted by atomic mass is 9.96. The Morgan fingerprint density at radius 2 is 2.00 bits per heavy atom. The van der Waals surface area contributed by atoms with Crippen LogP contribution in [-0.2, 0) is 9.47 Å². The number of rotatable bonds is 6. The van der Waals surface area contributed by atoms with Gasteiger partial charge in [-0.3, -0.25) is 0 Å². The molecule has 1 fully saturated rings. The van der Waals surface area contributed by atoms with Crippen molar-refractivity contribution in [2.75, 3.05) is 27.4 Å². The van der Waals surface area contributed by atoms with E-state index in [1.165, 1.54) is 32.1 Å². The number of thiocarbonyl (C=S) groups is 1. The van der Waals surface area contributed by atoms with Crippen molar-refractivity contribution in [2.45, 2.75) is 44.2 Å². The minimum Gasteiger partial charge on any atom is -0.382 e. The van der Waals surface area contributed by atoms with E-state index in [0.717, 1.165) is 5.11 Å². The highest BCUT2D eigenvalue weighted by atomic mass is 32.1. The summed E-state index contributed by atoms with van der Waals surface area (Å²) >= 11 is 5.27. The molecule has 1 aliphatic rings. The monoisotopic (exact) mass is 260 g/mol. The van der Waals surface area contributed by atoms with E-state index in [2.05, 4.69) is 10.6 Å². The maximum Gasteiger partial charge on any atom is 0.166 e. The van der Waals surface area contributed by atoms with Gasteiger partial charge in [-0.25, -0.2) is 0 Å². The van der Waals surface area contributed by atoms with Crippen molar-refractivity contribution in [1.29, 1.82) is 0 Å². The molecule has 0 aromatic rings. The summed E-state index contributed by atoms with van der Waals surface area (Å²) in [5.41, 5.74) is 0. The van der Waals surface area contributed by atoms with Crippen LogP contribution in [0.2, 0.25) is 0 Å². The van der Waals surface area contributed by atoms with Gasteiger partial charge in [-0.2, -0.15) is 0 Å². The van der Waals surface area contributed by atoms with E-state index in [1.807, 2.05) is 0 Å². The van der Waals surface area contributed by atoms with E-state index in [4.69, 9.17) is 21.7 Å². The summed E-state index contributed by atoms with van der Waals surface area (Å²) in [6.07, 6.45) is 6.49. The zero-order chi connectivity index (χ0) is 12.5. The van der Waals surface area contributed by atoms with Gasteiger partial charge in [-0.15, -0.1) is 0 Å². The van der Waals surface area contributed by atoms with Crippen LogP contribution in [0.3, 0.4) is 0 Å². The second-order valence-electron chi connectivity index (χ2n) is 4.50. The first-order valence-electron chi connectivity index (χ1n) is 6.32. The Bertz CT molecular complexity index is 221. The molecular formula is C12H24N2O2S. The third-order valence-electron chi connectivity index (χ3n) is 3.12. The van der Waals surface area contributed by atoms with Crippen LogP contribution in [0.1, 0.15) is 32.1 Å². The van der Waals surface area contributed by atoms with Crippen LogP contribution in [0, 0.1) is 0 Å². The van der Waals surface area contributed by atoms with Gasteiger partial charge < -0.3 is 20.1 Å². The Kier molecular flexibility index (Phi) is 7.48. The number of hydrogen-bond donors (Lipinski definition) is 2. The molecule has 0 bridgehead atoms. The SMILES string of the molecule is COCC(CNC(=S)NC1CCCCC1)OC. The zero-order valence-corrected chi connectivity index (χ0v) is 11.6. The summed E-state index contributed by atoms with van der Waals surface area (Å²) in [6, 6.07) is 0.548. The second kappa shape index (κ2) is 8.66. The number of hydrogen-bond acceptors (Lipinski definition) is 3. The van der Waals surface area contributed by atoms with Crippen LogP contribution in [-0.4, -0.2) is 44.6 Å². The fourth-order valence-electron chi connectivity index (χ4n) is 2.09. The van der Waals surface area contributed by atoms with Gasteiger partial charge in [0, 0.05) is 26.8 Å². The summed E-state index contributed by atoms with van der Waals surface area (Å²) in [6.45, 7) is 1.26. The molecule has 0 aromatic heterocycles. The highest BCUT2D eigenvalue weighted by molar-refractivity contribution is 7.80. The van der Waals surface area contributed by atoms with E-state index < -0.39 is 0 Å². The lowest BCUT2D eigenvalue weighted by molar-refractivity contribution is 0.0315. The van der Waals surface area contributed by atoms with Gasteiger partial charge in [-0.1, -0.05) is 19.3 Å². The summed E-state index contributed by atoms with van der Waals surface area (Å²) in [5.74, 6) is 0. The molecule has 0 saturated heterocycles. The van der Waals surface area contributed by atoms with Crippen LogP contribution >= 0.6 is 12.2 Å². The molecule has 1 saturated carbocycles. The molecule has 1 atom stereocenters. The van der Waals surface area contributed by atoms with Gasteiger partial charge in [0.25, 0.3) is 0 Å². The van der Waals surface area contributed by atoms with Gasteiger partial charge in [-0.05, 0) is 25.1 Å². The average molecular weight is 260 g/mol. The maximum atomic E-state index is 5.27. The number of methoxy groups -OCH3 is 2. The Morgan fingerprint density at radius 3 is 2.59 bits per heavy atom. The van der Waals surface area contributed by atoms with Gasteiger partial charge in [0.05, 0.1) is 12.7 Å². The second-order valence-corrected chi connectivity index (χ2v) is 4.91. The van der Waals surface area contributed by atoms with E-state index in [0.29, 0.717) is 19.2 Å². The van der Waals surface area contributed by atoms with E-state index in [9.17, 15) is 0 Å². The van der Waals surface area contributed by atoms with Crippen molar-refractivity contribution in [2.24, 2.45) is 0 Å². The molecule has 5 heteroatoms. The summed E-state index contributed by atoms with van der Waals surface area (Å²) in [7, 11) is 3.35. The van der Waals surface area contributed by atoms with E-state index in [-0.39, 0.29) is 6.10 Å². The van der Waals surface area contributed by atoms with Crippen molar-refractivity contribution < 1.29 is 9.47 Å².